The predicted molar refractivity (Wildman–Crippen MR) is 158 cm³/mol. The molecule has 216 valence electrons. The van der Waals surface area contributed by atoms with Gasteiger partial charge in [0.15, 0.2) is 0 Å². The van der Waals surface area contributed by atoms with Gasteiger partial charge in [0.25, 0.3) is 0 Å². The molecular weight excluding hydrogens is 527 g/mol. The number of nitrogens with one attached hydrogen (secondary N) is 1. The topological polar surface area (TPSA) is 94.2 Å². The highest BCUT2D eigenvalue weighted by Gasteiger charge is 2.32. The van der Waals surface area contributed by atoms with Crippen LogP contribution in [0.25, 0.3) is 10.8 Å². The van der Waals surface area contributed by atoms with Gasteiger partial charge >= 0.3 is 19.6 Å². The highest BCUT2D eigenvalue weighted by atomic mass is 31.2. The van der Waals surface area contributed by atoms with Gasteiger partial charge in [-0.1, -0.05) is 86.1 Å². The molecule has 0 aromatic heterocycles. The molecule has 0 saturated heterocycles. The van der Waals surface area contributed by atoms with Crippen molar-refractivity contribution in [2.75, 3.05) is 26.0 Å². The minimum atomic E-state index is -3.55. The Morgan fingerprint density at radius 3 is 2.20 bits per heavy atom. The summed E-state index contributed by atoms with van der Waals surface area (Å²) in [5.41, 5.74) is 2.89. The van der Waals surface area contributed by atoms with E-state index in [-0.39, 0.29) is 38.4 Å². The second kappa shape index (κ2) is 15.0. The number of urea groups is 1. The van der Waals surface area contributed by atoms with Crippen molar-refractivity contribution in [3.8, 4) is 0 Å². The largest absolute Gasteiger partial charge is 0.459 e. The summed E-state index contributed by atoms with van der Waals surface area (Å²) in [6.45, 7) is 10.2. The Morgan fingerprint density at radius 2 is 1.55 bits per heavy atom. The molecule has 9 heteroatoms. The second-order valence-corrected chi connectivity index (χ2v) is 12.2. The fourth-order valence-corrected chi connectivity index (χ4v) is 6.09. The summed E-state index contributed by atoms with van der Waals surface area (Å²) in [6.07, 6.45) is 0.00702. The van der Waals surface area contributed by atoms with Gasteiger partial charge in [-0.2, -0.15) is 0 Å². The van der Waals surface area contributed by atoms with E-state index in [9.17, 15) is 14.2 Å². The van der Waals surface area contributed by atoms with Crippen LogP contribution in [0.1, 0.15) is 44.4 Å². The molecule has 3 aromatic carbocycles. The Bertz CT molecular complexity index is 1300. The van der Waals surface area contributed by atoms with E-state index in [2.05, 4.69) is 11.4 Å². The van der Waals surface area contributed by atoms with Crippen molar-refractivity contribution in [2.24, 2.45) is 5.92 Å². The van der Waals surface area contributed by atoms with Gasteiger partial charge < -0.3 is 24.0 Å². The average Bonchev–Trinajstić information content (AvgIpc) is 2.91. The number of benzene rings is 3. The van der Waals surface area contributed by atoms with E-state index in [1.165, 1.54) is 4.90 Å². The lowest BCUT2D eigenvalue weighted by Gasteiger charge is -2.30. The van der Waals surface area contributed by atoms with E-state index in [0.29, 0.717) is 6.54 Å². The molecule has 0 unspecified atom stereocenters. The summed E-state index contributed by atoms with van der Waals surface area (Å²) in [7, 11) is -3.55. The Hall–Kier alpha value is -3.19. The first-order chi connectivity index (χ1) is 19.1. The van der Waals surface area contributed by atoms with Crippen LogP contribution in [0.3, 0.4) is 0 Å². The van der Waals surface area contributed by atoms with E-state index < -0.39 is 25.6 Å². The molecule has 0 saturated carbocycles. The molecule has 40 heavy (non-hydrogen) atoms. The van der Waals surface area contributed by atoms with E-state index >= 15 is 0 Å². The number of rotatable bonds is 14. The van der Waals surface area contributed by atoms with Gasteiger partial charge in [-0.3, -0.25) is 4.57 Å². The summed E-state index contributed by atoms with van der Waals surface area (Å²) in [6, 6.07) is 20.0. The summed E-state index contributed by atoms with van der Waals surface area (Å²) >= 11 is 0. The van der Waals surface area contributed by atoms with E-state index in [1.807, 2.05) is 81.4 Å². The van der Waals surface area contributed by atoms with Gasteiger partial charge in [0.2, 0.25) is 0 Å². The molecule has 0 aliphatic rings. The third-order valence-electron chi connectivity index (χ3n) is 6.17. The van der Waals surface area contributed by atoms with Crippen molar-refractivity contribution in [3.05, 3.63) is 83.4 Å². The maximum absolute atomic E-state index is 13.6. The Balaban J connectivity index is 1.85. The molecule has 0 spiro atoms. The van der Waals surface area contributed by atoms with Crippen molar-refractivity contribution >= 4 is 30.4 Å². The number of fused-ring (bicyclic) bond motifs is 1. The fraction of sp³-hybridized carbons (Fsp3) is 0.419. The minimum absolute atomic E-state index is 0.0786. The average molecular weight is 569 g/mol. The van der Waals surface area contributed by atoms with Crippen LogP contribution in [-0.2, 0) is 36.2 Å². The van der Waals surface area contributed by atoms with Crippen LogP contribution < -0.4 is 5.32 Å². The number of hydrogen-bond acceptors (Lipinski definition) is 6. The Morgan fingerprint density at radius 1 is 0.900 bits per heavy atom. The first-order valence-corrected chi connectivity index (χ1v) is 15.5. The van der Waals surface area contributed by atoms with Crippen LogP contribution in [0.15, 0.2) is 66.7 Å². The fourth-order valence-electron chi connectivity index (χ4n) is 4.41. The molecule has 2 amide bonds. The first-order valence-electron chi connectivity index (χ1n) is 13.8. The molecule has 0 fully saturated rings. The molecule has 0 aliphatic carbocycles. The lowest BCUT2D eigenvalue weighted by molar-refractivity contribution is -0.147. The van der Waals surface area contributed by atoms with Gasteiger partial charge in [0, 0.05) is 13.0 Å². The van der Waals surface area contributed by atoms with Crippen molar-refractivity contribution in [2.45, 2.75) is 53.7 Å². The molecule has 0 aliphatic heterocycles. The maximum Gasteiger partial charge on any atom is 0.349 e. The number of amides is 2. The summed E-state index contributed by atoms with van der Waals surface area (Å²) < 4.78 is 29.8. The summed E-state index contributed by atoms with van der Waals surface area (Å²) in [5, 5.41) is 4.99. The van der Waals surface area contributed by atoms with Crippen molar-refractivity contribution in [3.63, 3.8) is 0 Å². The Labute approximate surface area is 237 Å². The van der Waals surface area contributed by atoms with E-state index in [4.69, 9.17) is 13.8 Å². The summed E-state index contributed by atoms with van der Waals surface area (Å²) in [5.74, 6) is -0.474. The zero-order valence-electron chi connectivity index (χ0n) is 24.1. The predicted octanol–water partition coefficient (Wildman–Crippen LogP) is 6.69. The number of ether oxygens (including phenoxy) is 1. The zero-order chi connectivity index (χ0) is 29.1. The SMILES string of the molecule is CCOP(=O)(CN(CC(C)C)C(=O)N[C@@H](Cc1ccc2cc(C)ccc2c1)C(=O)OCc1ccccc1)OCC. The Kier molecular flexibility index (Phi) is 11.7. The highest BCUT2D eigenvalue weighted by Crippen LogP contribution is 2.48. The van der Waals surface area contributed by atoms with Crippen LogP contribution in [0.2, 0.25) is 0 Å². The van der Waals surface area contributed by atoms with Crippen LogP contribution >= 0.6 is 7.60 Å². The molecule has 0 bridgehead atoms. The number of nitrogens with zero attached hydrogens (tertiary/aromatic N) is 1. The number of carbonyl (C=O) groups is 2. The van der Waals surface area contributed by atoms with Crippen LogP contribution in [0, 0.1) is 12.8 Å². The van der Waals surface area contributed by atoms with Crippen molar-refractivity contribution < 1.29 is 27.9 Å². The number of esters is 1. The quantitative estimate of drug-likeness (QED) is 0.172. The van der Waals surface area contributed by atoms with Crippen molar-refractivity contribution in [1.29, 1.82) is 0 Å². The van der Waals surface area contributed by atoms with Crippen LogP contribution in [0.5, 0.6) is 0 Å². The molecule has 3 rings (SSSR count). The minimum Gasteiger partial charge on any atom is -0.459 e. The number of carbonyl (C=O) groups excluding carboxylic acids is 2. The lowest BCUT2D eigenvalue weighted by Crippen LogP contribution is -2.50. The van der Waals surface area contributed by atoms with Gasteiger partial charge in [0.1, 0.15) is 18.9 Å². The molecule has 0 radical (unpaired) electrons. The highest BCUT2D eigenvalue weighted by molar-refractivity contribution is 7.53. The molecule has 8 nitrogen and oxygen atoms in total. The van der Waals surface area contributed by atoms with Crippen molar-refractivity contribution in [1.82, 2.24) is 10.2 Å². The summed E-state index contributed by atoms with van der Waals surface area (Å²) in [4.78, 5) is 28.3. The monoisotopic (exact) mass is 568 g/mol. The molecule has 1 N–H and O–H groups in total. The van der Waals surface area contributed by atoms with Gasteiger partial charge in [-0.05, 0) is 48.6 Å². The normalized spacial score (nSPS) is 12.3. The lowest BCUT2D eigenvalue weighted by atomic mass is 10.0. The zero-order valence-corrected chi connectivity index (χ0v) is 25.0. The van der Waals surface area contributed by atoms with E-state index in [0.717, 1.165) is 27.5 Å². The maximum atomic E-state index is 13.6. The van der Waals surface area contributed by atoms with Crippen LogP contribution in [0.4, 0.5) is 4.79 Å². The molecule has 3 aromatic rings. The van der Waals surface area contributed by atoms with Crippen LogP contribution in [-0.4, -0.2) is 49.0 Å². The standard InChI is InChI=1S/C31H41N2O6P/c1-6-38-40(36,39-7-2)22-33(20-23(3)4)31(35)32-29(30(34)37-21-25-11-9-8-10-12-25)19-26-14-16-27-17-24(5)13-15-28(27)18-26/h8-18,23,29H,6-7,19-22H2,1-5H3,(H,32,35)/t29-/m0/s1. The van der Waals surface area contributed by atoms with E-state index in [1.54, 1.807) is 13.8 Å². The molecule has 1 atom stereocenters. The molecule has 0 heterocycles. The third-order valence-corrected chi connectivity index (χ3v) is 8.17. The third kappa shape index (κ3) is 9.47. The molecular formula is C31H41N2O6P. The first kappa shape index (κ1) is 31.3. The number of aryl methyl sites for hydroxylation is 1. The van der Waals surface area contributed by atoms with Gasteiger partial charge in [-0.15, -0.1) is 0 Å². The second-order valence-electron chi connectivity index (χ2n) is 10.2. The number of hydrogen-bond donors (Lipinski definition) is 1. The smallest absolute Gasteiger partial charge is 0.349 e. The van der Waals surface area contributed by atoms with Gasteiger partial charge in [-0.25, -0.2) is 9.59 Å². The van der Waals surface area contributed by atoms with Gasteiger partial charge in [0.05, 0.1) is 13.2 Å².